The SMILES string of the molecule is O=C(c1cccs1)N1CC[C@@H]2OCCC[C@@]2(COc2cccnc2)C1. The summed E-state index contributed by atoms with van der Waals surface area (Å²) in [6, 6.07) is 7.61. The molecule has 0 spiro atoms. The molecule has 2 atom stereocenters. The van der Waals surface area contributed by atoms with Crippen LogP contribution >= 0.6 is 11.3 Å². The third-order valence-electron chi connectivity index (χ3n) is 5.17. The van der Waals surface area contributed by atoms with Crippen LogP contribution in [0, 0.1) is 5.41 Å². The first-order valence-electron chi connectivity index (χ1n) is 8.74. The van der Waals surface area contributed by atoms with E-state index in [0.29, 0.717) is 13.2 Å². The van der Waals surface area contributed by atoms with Crippen LogP contribution in [-0.4, -0.2) is 48.2 Å². The molecule has 2 aliphatic rings. The van der Waals surface area contributed by atoms with Gasteiger partial charge in [0.15, 0.2) is 0 Å². The number of carbonyl (C=O) groups is 1. The summed E-state index contributed by atoms with van der Waals surface area (Å²) in [6.07, 6.45) is 6.52. The summed E-state index contributed by atoms with van der Waals surface area (Å²) in [6.45, 7) is 2.79. The second-order valence-electron chi connectivity index (χ2n) is 6.80. The number of carbonyl (C=O) groups excluding carboxylic acids is 1. The molecule has 0 bridgehead atoms. The molecule has 25 heavy (non-hydrogen) atoms. The molecule has 132 valence electrons. The Labute approximate surface area is 151 Å². The van der Waals surface area contributed by atoms with Crippen LogP contribution in [0.4, 0.5) is 0 Å². The highest BCUT2D eigenvalue weighted by atomic mass is 32.1. The van der Waals surface area contributed by atoms with Crippen LogP contribution in [0.15, 0.2) is 42.0 Å². The average Bonchev–Trinajstić information content (AvgIpc) is 3.21. The predicted molar refractivity (Wildman–Crippen MR) is 96.0 cm³/mol. The van der Waals surface area contributed by atoms with Crippen molar-refractivity contribution >= 4 is 17.2 Å². The van der Waals surface area contributed by atoms with Crippen molar-refractivity contribution in [1.82, 2.24) is 9.88 Å². The molecule has 5 nitrogen and oxygen atoms in total. The molecular weight excluding hydrogens is 336 g/mol. The largest absolute Gasteiger partial charge is 0.491 e. The molecule has 2 aliphatic heterocycles. The lowest BCUT2D eigenvalue weighted by Crippen LogP contribution is -2.58. The summed E-state index contributed by atoms with van der Waals surface area (Å²) < 4.78 is 12.1. The van der Waals surface area contributed by atoms with Gasteiger partial charge in [-0.3, -0.25) is 9.78 Å². The van der Waals surface area contributed by atoms with Gasteiger partial charge in [0.25, 0.3) is 5.91 Å². The Morgan fingerprint density at radius 2 is 2.40 bits per heavy atom. The number of pyridine rings is 1. The quantitative estimate of drug-likeness (QED) is 0.842. The molecular formula is C19H22N2O3S. The lowest BCUT2D eigenvalue weighted by Gasteiger charge is -2.50. The summed E-state index contributed by atoms with van der Waals surface area (Å²) in [5.41, 5.74) is -0.140. The minimum Gasteiger partial charge on any atom is -0.491 e. The van der Waals surface area contributed by atoms with Crippen molar-refractivity contribution < 1.29 is 14.3 Å². The Morgan fingerprint density at radius 3 is 3.20 bits per heavy atom. The number of likely N-dealkylation sites (tertiary alicyclic amines) is 1. The molecule has 4 heterocycles. The van der Waals surface area contributed by atoms with E-state index < -0.39 is 0 Å². The van der Waals surface area contributed by atoms with Crippen molar-refractivity contribution in [2.75, 3.05) is 26.3 Å². The highest BCUT2D eigenvalue weighted by Gasteiger charge is 2.47. The Hall–Kier alpha value is -1.92. The minimum absolute atomic E-state index is 0.125. The third kappa shape index (κ3) is 3.41. The number of amides is 1. The Balaban J connectivity index is 1.51. The molecule has 0 unspecified atom stereocenters. The van der Waals surface area contributed by atoms with E-state index in [-0.39, 0.29) is 17.4 Å². The maximum atomic E-state index is 12.8. The molecule has 6 heteroatoms. The molecule has 0 aliphatic carbocycles. The van der Waals surface area contributed by atoms with Gasteiger partial charge < -0.3 is 14.4 Å². The van der Waals surface area contributed by atoms with Crippen molar-refractivity contribution in [3.8, 4) is 5.75 Å². The molecule has 1 amide bonds. The average molecular weight is 358 g/mol. The molecule has 2 saturated heterocycles. The van der Waals surface area contributed by atoms with Gasteiger partial charge in [0.2, 0.25) is 0 Å². The summed E-state index contributed by atoms with van der Waals surface area (Å²) in [5.74, 6) is 0.891. The van der Waals surface area contributed by atoms with Crippen LogP contribution < -0.4 is 4.74 Å². The van der Waals surface area contributed by atoms with E-state index in [1.165, 1.54) is 11.3 Å². The van der Waals surface area contributed by atoms with Crippen molar-refractivity contribution in [1.29, 1.82) is 0 Å². The van der Waals surface area contributed by atoms with Crippen LogP contribution in [0.3, 0.4) is 0 Å². The Bertz CT molecular complexity index is 707. The fourth-order valence-corrected chi connectivity index (χ4v) is 4.58. The zero-order chi connectivity index (χ0) is 17.1. The van der Waals surface area contributed by atoms with E-state index in [0.717, 1.165) is 43.0 Å². The number of nitrogens with zero attached hydrogens (tertiary/aromatic N) is 2. The smallest absolute Gasteiger partial charge is 0.263 e. The predicted octanol–water partition coefficient (Wildman–Crippen LogP) is 3.23. The Kier molecular flexibility index (Phi) is 4.72. The molecule has 0 radical (unpaired) electrons. The molecule has 2 aromatic rings. The first-order valence-corrected chi connectivity index (χ1v) is 9.62. The number of hydrogen-bond donors (Lipinski definition) is 0. The van der Waals surface area contributed by atoms with Crippen LogP contribution in [-0.2, 0) is 4.74 Å². The van der Waals surface area contributed by atoms with Crippen molar-refractivity contribution in [3.63, 3.8) is 0 Å². The van der Waals surface area contributed by atoms with Crippen molar-refractivity contribution in [3.05, 3.63) is 46.9 Å². The lowest BCUT2D eigenvalue weighted by molar-refractivity contribution is -0.133. The van der Waals surface area contributed by atoms with Crippen LogP contribution in [0.25, 0.3) is 0 Å². The second kappa shape index (κ2) is 7.14. The molecule has 2 fully saturated rings. The number of thiophene rings is 1. The van der Waals surface area contributed by atoms with Gasteiger partial charge in [0.05, 0.1) is 23.8 Å². The van der Waals surface area contributed by atoms with Crippen molar-refractivity contribution in [2.24, 2.45) is 5.41 Å². The van der Waals surface area contributed by atoms with E-state index >= 15 is 0 Å². The Morgan fingerprint density at radius 1 is 1.44 bits per heavy atom. The summed E-state index contributed by atoms with van der Waals surface area (Å²) >= 11 is 1.50. The molecule has 0 saturated carbocycles. The number of fused-ring (bicyclic) bond motifs is 1. The van der Waals surface area contributed by atoms with E-state index in [1.54, 1.807) is 12.4 Å². The van der Waals surface area contributed by atoms with Gasteiger partial charge in [-0.25, -0.2) is 0 Å². The summed E-state index contributed by atoms with van der Waals surface area (Å²) in [7, 11) is 0. The normalized spacial score (nSPS) is 26.1. The highest BCUT2D eigenvalue weighted by molar-refractivity contribution is 7.12. The first kappa shape index (κ1) is 16.5. The number of rotatable bonds is 4. The van der Waals surface area contributed by atoms with Crippen LogP contribution in [0.2, 0.25) is 0 Å². The third-order valence-corrected chi connectivity index (χ3v) is 6.03. The summed E-state index contributed by atoms with van der Waals surface area (Å²) in [4.78, 5) is 19.7. The van der Waals surface area contributed by atoms with Crippen LogP contribution in [0.1, 0.15) is 28.9 Å². The van der Waals surface area contributed by atoms with Crippen LogP contribution in [0.5, 0.6) is 5.75 Å². The maximum Gasteiger partial charge on any atom is 0.263 e. The topological polar surface area (TPSA) is 51.7 Å². The zero-order valence-corrected chi connectivity index (χ0v) is 14.9. The number of piperidine rings is 1. The van der Waals surface area contributed by atoms with Crippen molar-refractivity contribution in [2.45, 2.75) is 25.4 Å². The molecule has 2 aromatic heterocycles. The number of aromatic nitrogens is 1. The lowest BCUT2D eigenvalue weighted by atomic mass is 9.73. The number of hydrogen-bond acceptors (Lipinski definition) is 5. The maximum absolute atomic E-state index is 12.8. The highest BCUT2D eigenvalue weighted by Crippen LogP contribution is 2.41. The van der Waals surface area contributed by atoms with Gasteiger partial charge in [-0.1, -0.05) is 6.07 Å². The molecule has 0 N–H and O–H groups in total. The van der Waals surface area contributed by atoms with Gasteiger partial charge in [0, 0.05) is 31.3 Å². The minimum atomic E-state index is -0.140. The molecule has 0 aromatic carbocycles. The monoisotopic (exact) mass is 358 g/mol. The van der Waals surface area contributed by atoms with E-state index in [4.69, 9.17) is 9.47 Å². The standard InChI is InChI=1S/C19H22N2O3S/c22-18(16-5-2-11-25-16)21-9-6-17-19(13-21,7-3-10-23-17)14-24-15-4-1-8-20-12-15/h1-2,4-5,8,11-12,17H,3,6-7,9-10,13-14H2/t17-,19-/m0/s1. The fraction of sp³-hybridized carbons (Fsp3) is 0.474. The van der Waals surface area contributed by atoms with Gasteiger partial charge in [-0.2, -0.15) is 0 Å². The van der Waals surface area contributed by atoms with Gasteiger partial charge >= 0.3 is 0 Å². The molecule has 4 rings (SSSR count). The fourth-order valence-electron chi connectivity index (χ4n) is 3.89. The van der Waals surface area contributed by atoms with Gasteiger partial charge in [0.1, 0.15) is 5.75 Å². The van der Waals surface area contributed by atoms with E-state index in [1.807, 2.05) is 34.5 Å². The van der Waals surface area contributed by atoms with Gasteiger partial charge in [-0.15, -0.1) is 11.3 Å². The van der Waals surface area contributed by atoms with E-state index in [2.05, 4.69) is 4.98 Å². The first-order chi connectivity index (χ1) is 12.3. The summed E-state index contributed by atoms with van der Waals surface area (Å²) in [5, 5.41) is 1.95. The van der Waals surface area contributed by atoms with E-state index in [9.17, 15) is 4.79 Å². The zero-order valence-electron chi connectivity index (χ0n) is 14.1. The number of ether oxygens (including phenoxy) is 2. The van der Waals surface area contributed by atoms with Gasteiger partial charge in [-0.05, 0) is 42.8 Å². The second-order valence-corrected chi connectivity index (χ2v) is 7.74.